The van der Waals surface area contributed by atoms with Gasteiger partial charge in [-0.25, -0.2) is 8.78 Å². The first-order chi connectivity index (χ1) is 12.9. The highest BCUT2D eigenvalue weighted by Gasteiger charge is 2.14. The molecule has 1 N–H and O–H groups in total. The number of hydrogen-bond donors (Lipinski definition) is 1. The lowest BCUT2D eigenvalue weighted by Crippen LogP contribution is -2.27. The molecule has 7 heteroatoms. The highest BCUT2D eigenvalue weighted by molar-refractivity contribution is 5.98. The zero-order valence-corrected chi connectivity index (χ0v) is 14.8. The number of amides is 1. The van der Waals surface area contributed by atoms with Gasteiger partial charge in [-0.15, -0.1) is 0 Å². The zero-order chi connectivity index (χ0) is 19.8. The number of aryl methyl sites for hydroxylation is 1. The summed E-state index contributed by atoms with van der Waals surface area (Å²) in [6, 6.07) is 9.59. The minimum Gasteiger partial charge on any atom is -0.457 e. The summed E-state index contributed by atoms with van der Waals surface area (Å²) < 4.78 is 31.2. The lowest BCUT2D eigenvalue weighted by molar-refractivity contribution is -0.142. The van der Waals surface area contributed by atoms with Gasteiger partial charge in [-0.2, -0.15) is 0 Å². The van der Waals surface area contributed by atoms with Crippen LogP contribution in [-0.4, -0.2) is 30.8 Å². The van der Waals surface area contributed by atoms with Gasteiger partial charge < -0.3 is 10.1 Å². The van der Waals surface area contributed by atoms with Crippen molar-refractivity contribution >= 4 is 17.7 Å². The van der Waals surface area contributed by atoms with Gasteiger partial charge in [-0.05, 0) is 24.1 Å². The predicted molar refractivity (Wildman–Crippen MR) is 94.4 cm³/mol. The van der Waals surface area contributed by atoms with Gasteiger partial charge in [0.2, 0.25) is 0 Å². The minimum absolute atomic E-state index is 0.103. The van der Waals surface area contributed by atoms with Crippen LogP contribution >= 0.6 is 0 Å². The topological polar surface area (TPSA) is 72.5 Å². The van der Waals surface area contributed by atoms with Crippen molar-refractivity contribution in [3.63, 3.8) is 0 Å². The third kappa shape index (κ3) is 5.99. The monoisotopic (exact) mass is 375 g/mol. The number of carbonyl (C=O) groups excluding carboxylic acids is 3. The molecular weight excluding hydrogens is 356 g/mol. The summed E-state index contributed by atoms with van der Waals surface area (Å²) >= 11 is 0. The van der Waals surface area contributed by atoms with Crippen molar-refractivity contribution in [3.8, 4) is 0 Å². The van der Waals surface area contributed by atoms with Gasteiger partial charge in [-0.3, -0.25) is 14.4 Å². The molecule has 0 aliphatic heterocycles. The van der Waals surface area contributed by atoms with Crippen LogP contribution in [0.1, 0.15) is 39.6 Å². The first-order valence-corrected chi connectivity index (χ1v) is 8.41. The molecule has 0 fully saturated rings. The van der Waals surface area contributed by atoms with E-state index < -0.39 is 30.1 Å². The van der Waals surface area contributed by atoms with Crippen molar-refractivity contribution in [2.24, 2.45) is 0 Å². The molecule has 0 aliphatic rings. The van der Waals surface area contributed by atoms with Crippen LogP contribution in [0.2, 0.25) is 0 Å². The number of carbonyl (C=O) groups is 3. The first kappa shape index (κ1) is 20.2. The largest absolute Gasteiger partial charge is 0.457 e. The van der Waals surface area contributed by atoms with Gasteiger partial charge in [0.15, 0.2) is 12.4 Å². The normalized spacial score (nSPS) is 10.3. The molecule has 0 saturated heterocycles. The number of Topliss-reactive ketones (excluding diaryl/α,β-unsaturated/α-hetero) is 1. The maximum atomic E-state index is 13.5. The molecule has 2 rings (SSSR count). The molecule has 1 amide bonds. The van der Waals surface area contributed by atoms with E-state index in [1.165, 1.54) is 0 Å². The average molecular weight is 375 g/mol. The quantitative estimate of drug-likeness (QED) is 0.569. The van der Waals surface area contributed by atoms with Crippen molar-refractivity contribution in [3.05, 3.63) is 70.8 Å². The van der Waals surface area contributed by atoms with Crippen LogP contribution in [0.4, 0.5) is 8.78 Å². The van der Waals surface area contributed by atoms with Gasteiger partial charge in [0.25, 0.3) is 5.91 Å². The number of halogens is 2. The van der Waals surface area contributed by atoms with Crippen LogP contribution in [0.25, 0.3) is 0 Å². The number of hydrogen-bond acceptors (Lipinski definition) is 4. The fourth-order valence-electron chi connectivity index (χ4n) is 2.27. The van der Waals surface area contributed by atoms with Gasteiger partial charge in [0.05, 0.1) is 12.0 Å². The lowest BCUT2D eigenvalue weighted by atomic mass is 10.1. The SMILES string of the molecule is CCc1ccc(C(=O)COC(=O)CCNC(=O)c2ccc(F)cc2F)cc1. The summed E-state index contributed by atoms with van der Waals surface area (Å²) in [5.74, 6) is -3.55. The van der Waals surface area contributed by atoms with Crippen LogP contribution < -0.4 is 5.32 Å². The standard InChI is InChI=1S/C20H19F2NO4/c1-2-13-3-5-14(6-4-13)18(24)12-27-19(25)9-10-23-20(26)16-8-7-15(21)11-17(16)22/h3-8,11H,2,9-10,12H2,1H3,(H,23,26). The third-order valence-electron chi connectivity index (χ3n) is 3.84. The molecule has 5 nitrogen and oxygen atoms in total. The van der Waals surface area contributed by atoms with Crippen LogP contribution in [0, 0.1) is 11.6 Å². The highest BCUT2D eigenvalue weighted by atomic mass is 19.1. The first-order valence-electron chi connectivity index (χ1n) is 8.41. The van der Waals surface area contributed by atoms with Crippen molar-refractivity contribution in [2.45, 2.75) is 19.8 Å². The summed E-state index contributed by atoms with van der Waals surface area (Å²) in [6.07, 6.45) is 0.674. The smallest absolute Gasteiger partial charge is 0.308 e. The second-order valence-corrected chi connectivity index (χ2v) is 5.76. The Morgan fingerprint density at radius 3 is 2.37 bits per heavy atom. The van der Waals surface area contributed by atoms with E-state index in [0.29, 0.717) is 11.6 Å². The molecule has 0 atom stereocenters. The summed E-state index contributed by atoms with van der Waals surface area (Å²) in [4.78, 5) is 35.4. The van der Waals surface area contributed by atoms with Crippen molar-refractivity contribution < 1.29 is 27.9 Å². The second kappa shape index (κ2) is 9.56. The summed E-state index contributed by atoms with van der Waals surface area (Å²) in [6.45, 7) is 1.50. The van der Waals surface area contributed by atoms with E-state index in [1.807, 2.05) is 19.1 Å². The molecular formula is C20H19F2NO4. The molecule has 0 heterocycles. The maximum Gasteiger partial charge on any atom is 0.308 e. The second-order valence-electron chi connectivity index (χ2n) is 5.76. The van der Waals surface area contributed by atoms with Gasteiger partial charge in [0.1, 0.15) is 11.6 Å². The highest BCUT2D eigenvalue weighted by Crippen LogP contribution is 2.09. The Kier molecular flexibility index (Phi) is 7.16. The van der Waals surface area contributed by atoms with Crippen LogP contribution in [0.15, 0.2) is 42.5 Å². The molecule has 27 heavy (non-hydrogen) atoms. The Morgan fingerprint density at radius 2 is 1.74 bits per heavy atom. The van der Waals surface area contributed by atoms with Gasteiger partial charge in [-0.1, -0.05) is 31.2 Å². The number of esters is 1. The van der Waals surface area contributed by atoms with Gasteiger partial charge in [0, 0.05) is 18.2 Å². The molecule has 2 aromatic carbocycles. The predicted octanol–water partition coefficient (Wildman–Crippen LogP) is 3.07. The Hall–Kier alpha value is -3.09. The van der Waals surface area contributed by atoms with E-state index in [9.17, 15) is 23.2 Å². The number of ketones is 1. The summed E-state index contributed by atoms with van der Waals surface area (Å²) in [5, 5.41) is 2.33. The molecule has 0 aliphatic carbocycles. The maximum absolute atomic E-state index is 13.5. The fraction of sp³-hybridized carbons (Fsp3) is 0.250. The molecule has 0 bridgehead atoms. The third-order valence-corrected chi connectivity index (χ3v) is 3.84. The average Bonchev–Trinajstić information content (AvgIpc) is 2.66. The van der Waals surface area contributed by atoms with Crippen molar-refractivity contribution in [1.82, 2.24) is 5.32 Å². The van der Waals surface area contributed by atoms with Crippen LogP contribution in [0.5, 0.6) is 0 Å². The van der Waals surface area contributed by atoms with Crippen molar-refractivity contribution in [2.75, 3.05) is 13.2 Å². The summed E-state index contributed by atoms with van der Waals surface area (Å²) in [5.41, 5.74) is 1.22. The number of ether oxygens (including phenoxy) is 1. The van der Waals surface area contributed by atoms with E-state index >= 15 is 0 Å². The van der Waals surface area contributed by atoms with Crippen molar-refractivity contribution in [1.29, 1.82) is 0 Å². The molecule has 0 radical (unpaired) electrons. The van der Waals surface area contributed by atoms with E-state index in [1.54, 1.807) is 12.1 Å². The minimum atomic E-state index is -0.991. The fourth-order valence-corrected chi connectivity index (χ4v) is 2.27. The lowest BCUT2D eigenvalue weighted by Gasteiger charge is -2.07. The molecule has 0 aromatic heterocycles. The Bertz CT molecular complexity index is 834. The number of benzene rings is 2. The molecule has 2 aromatic rings. The number of nitrogens with one attached hydrogen (secondary N) is 1. The van der Waals surface area contributed by atoms with E-state index in [4.69, 9.17) is 4.74 Å². The Balaban J connectivity index is 1.74. The van der Waals surface area contributed by atoms with E-state index in [0.717, 1.165) is 24.1 Å². The zero-order valence-electron chi connectivity index (χ0n) is 14.8. The van der Waals surface area contributed by atoms with Crippen LogP contribution in [-0.2, 0) is 16.0 Å². The van der Waals surface area contributed by atoms with E-state index in [2.05, 4.69) is 5.32 Å². The Morgan fingerprint density at radius 1 is 1.04 bits per heavy atom. The Labute approximate surface area is 155 Å². The van der Waals surface area contributed by atoms with Gasteiger partial charge >= 0.3 is 5.97 Å². The summed E-state index contributed by atoms with van der Waals surface area (Å²) in [7, 11) is 0. The molecule has 0 spiro atoms. The molecule has 142 valence electrons. The molecule has 0 unspecified atom stereocenters. The number of rotatable bonds is 8. The molecule has 0 saturated carbocycles. The van der Waals surface area contributed by atoms with Crippen LogP contribution in [0.3, 0.4) is 0 Å². The van der Waals surface area contributed by atoms with E-state index in [-0.39, 0.29) is 24.3 Å².